The number of alkyl halides is 2. The molecule has 0 amide bonds. The van der Waals surface area contributed by atoms with Gasteiger partial charge in [-0.2, -0.15) is 0 Å². The van der Waals surface area contributed by atoms with E-state index in [1.165, 1.54) is 0 Å². The Morgan fingerprint density at radius 1 is 0.812 bits per heavy atom. The summed E-state index contributed by atoms with van der Waals surface area (Å²) in [4.78, 5) is 24.0. The summed E-state index contributed by atoms with van der Waals surface area (Å²) >= 11 is 11.4. The van der Waals surface area contributed by atoms with Crippen molar-refractivity contribution >= 4 is 34.8 Å². The highest BCUT2D eigenvalue weighted by molar-refractivity contribution is 6.35. The van der Waals surface area contributed by atoms with Gasteiger partial charge in [-0.3, -0.25) is 9.59 Å². The van der Waals surface area contributed by atoms with Crippen molar-refractivity contribution < 1.29 is 9.59 Å². The van der Waals surface area contributed by atoms with E-state index in [2.05, 4.69) is 0 Å². The average Bonchev–Trinajstić information content (AvgIpc) is 2.33. The predicted octanol–water partition coefficient (Wildman–Crippen LogP) is 2.84. The van der Waals surface area contributed by atoms with Crippen LogP contribution in [0.4, 0.5) is 0 Å². The maximum atomic E-state index is 12.0. The molecule has 1 aliphatic carbocycles. The van der Waals surface area contributed by atoms with E-state index < -0.39 is 0 Å². The summed E-state index contributed by atoms with van der Waals surface area (Å²) in [6.45, 7) is 0. The molecule has 1 aliphatic rings. The van der Waals surface area contributed by atoms with E-state index >= 15 is 0 Å². The second-order valence-corrected chi connectivity index (χ2v) is 3.96. The van der Waals surface area contributed by atoms with Crippen LogP contribution < -0.4 is 0 Å². The van der Waals surface area contributed by atoms with Gasteiger partial charge in [-0.05, 0) is 0 Å². The van der Waals surface area contributed by atoms with Crippen LogP contribution >= 0.6 is 23.2 Å². The molecule has 0 saturated carbocycles. The van der Waals surface area contributed by atoms with Gasteiger partial charge in [0.25, 0.3) is 0 Å². The predicted molar refractivity (Wildman–Crippen MR) is 63.6 cm³/mol. The lowest BCUT2D eigenvalue weighted by Gasteiger charge is -2.18. The minimum absolute atomic E-state index is 0.0148. The van der Waals surface area contributed by atoms with E-state index in [-0.39, 0.29) is 23.3 Å². The van der Waals surface area contributed by atoms with Crippen molar-refractivity contribution in [3.8, 4) is 0 Å². The molecule has 16 heavy (non-hydrogen) atoms. The van der Waals surface area contributed by atoms with Gasteiger partial charge in [-0.1, -0.05) is 24.3 Å². The normalized spacial score (nSPS) is 15.4. The SMILES string of the molecule is O=C1C(CCl)=C(CCl)C(=O)c2ccccc21. The number of rotatable bonds is 2. The van der Waals surface area contributed by atoms with Gasteiger partial charge in [0, 0.05) is 22.3 Å². The van der Waals surface area contributed by atoms with Gasteiger partial charge in [0.2, 0.25) is 0 Å². The molecule has 0 atom stereocenters. The topological polar surface area (TPSA) is 34.1 Å². The maximum Gasteiger partial charge on any atom is 0.191 e. The average molecular weight is 255 g/mol. The molecular formula is C12H8Cl2O2. The zero-order chi connectivity index (χ0) is 11.7. The molecule has 0 aliphatic heterocycles. The van der Waals surface area contributed by atoms with Crippen LogP contribution in [-0.2, 0) is 0 Å². The summed E-state index contributed by atoms with van der Waals surface area (Å²) in [7, 11) is 0. The maximum absolute atomic E-state index is 12.0. The monoisotopic (exact) mass is 254 g/mol. The van der Waals surface area contributed by atoms with E-state index in [0.717, 1.165) is 0 Å². The van der Waals surface area contributed by atoms with E-state index in [0.29, 0.717) is 22.3 Å². The molecule has 2 rings (SSSR count). The van der Waals surface area contributed by atoms with Crippen LogP contribution in [0, 0.1) is 0 Å². The summed E-state index contributed by atoms with van der Waals surface area (Å²) in [5, 5.41) is 0. The fraction of sp³-hybridized carbons (Fsp3) is 0.167. The highest BCUT2D eigenvalue weighted by Gasteiger charge is 2.30. The Bertz CT molecular complexity index is 458. The first-order valence-corrected chi connectivity index (χ1v) is 5.80. The zero-order valence-electron chi connectivity index (χ0n) is 8.30. The van der Waals surface area contributed by atoms with E-state index in [1.807, 2.05) is 0 Å². The Morgan fingerprint density at radius 2 is 1.19 bits per heavy atom. The molecule has 82 valence electrons. The fourth-order valence-electron chi connectivity index (χ4n) is 1.76. The minimum atomic E-state index is -0.194. The van der Waals surface area contributed by atoms with Crippen molar-refractivity contribution in [1.82, 2.24) is 0 Å². The van der Waals surface area contributed by atoms with Gasteiger partial charge in [-0.25, -0.2) is 0 Å². The van der Waals surface area contributed by atoms with Crippen LogP contribution in [0.2, 0.25) is 0 Å². The van der Waals surface area contributed by atoms with E-state index in [9.17, 15) is 9.59 Å². The van der Waals surface area contributed by atoms with E-state index in [1.54, 1.807) is 24.3 Å². The van der Waals surface area contributed by atoms with Crippen molar-refractivity contribution in [2.75, 3.05) is 11.8 Å². The first-order chi connectivity index (χ1) is 7.70. The fourth-order valence-corrected chi connectivity index (χ4v) is 2.33. The van der Waals surface area contributed by atoms with Gasteiger partial charge in [0.05, 0.1) is 11.8 Å². The quantitative estimate of drug-likeness (QED) is 0.761. The molecule has 0 bridgehead atoms. The molecule has 0 unspecified atom stereocenters. The zero-order valence-corrected chi connectivity index (χ0v) is 9.81. The Hall–Kier alpha value is -1.12. The lowest BCUT2D eigenvalue weighted by molar-refractivity contribution is 0.0975. The second-order valence-electron chi connectivity index (χ2n) is 3.43. The van der Waals surface area contributed by atoms with Crippen LogP contribution in [0.25, 0.3) is 0 Å². The molecule has 1 aromatic carbocycles. The number of carbonyl (C=O) groups is 2. The standard InChI is InChI=1S/C12H8Cl2O2/c13-5-9-10(6-14)12(16)8-4-2-1-3-7(8)11(9)15/h1-4H,5-6H2. The number of benzene rings is 1. The summed E-state index contributed by atoms with van der Waals surface area (Å²) in [6.07, 6.45) is 0. The molecule has 0 N–H and O–H groups in total. The van der Waals surface area contributed by atoms with Gasteiger partial charge < -0.3 is 0 Å². The van der Waals surface area contributed by atoms with Gasteiger partial charge in [-0.15, -0.1) is 23.2 Å². The Balaban J connectivity index is 2.67. The molecule has 0 saturated heterocycles. The molecule has 0 aromatic heterocycles. The lowest BCUT2D eigenvalue weighted by atomic mass is 9.85. The van der Waals surface area contributed by atoms with Crippen LogP contribution in [0.15, 0.2) is 35.4 Å². The van der Waals surface area contributed by atoms with Crippen molar-refractivity contribution in [1.29, 1.82) is 0 Å². The number of halogens is 2. The van der Waals surface area contributed by atoms with Gasteiger partial charge in [0.1, 0.15) is 0 Å². The highest BCUT2D eigenvalue weighted by Crippen LogP contribution is 2.27. The van der Waals surface area contributed by atoms with Crippen LogP contribution in [0.5, 0.6) is 0 Å². The molecule has 2 nitrogen and oxygen atoms in total. The van der Waals surface area contributed by atoms with Gasteiger partial charge in [0.15, 0.2) is 11.6 Å². The third-order valence-corrected chi connectivity index (χ3v) is 3.13. The summed E-state index contributed by atoms with van der Waals surface area (Å²) in [5.41, 5.74) is 1.47. The number of carbonyl (C=O) groups excluding carboxylic acids is 2. The number of ketones is 2. The van der Waals surface area contributed by atoms with Crippen molar-refractivity contribution in [2.45, 2.75) is 0 Å². The molecule has 0 heterocycles. The van der Waals surface area contributed by atoms with Crippen molar-refractivity contribution in [2.24, 2.45) is 0 Å². The molecular weight excluding hydrogens is 247 g/mol. The minimum Gasteiger partial charge on any atom is -0.289 e. The smallest absolute Gasteiger partial charge is 0.191 e. The number of hydrogen-bond donors (Lipinski definition) is 0. The molecule has 1 aromatic rings. The largest absolute Gasteiger partial charge is 0.289 e. The summed E-state index contributed by atoms with van der Waals surface area (Å²) < 4.78 is 0. The number of Topliss-reactive ketones (excluding diaryl/α,β-unsaturated/α-hetero) is 2. The number of hydrogen-bond acceptors (Lipinski definition) is 2. The lowest BCUT2D eigenvalue weighted by Crippen LogP contribution is -2.23. The molecule has 0 fully saturated rings. The molecule has 4 heteroatoms. The summed E-state index contributed by atoms with van der Waals surface area (Å²) in [6, 6.07) is 6.71. The first kappa shape index (κ1) is 11.4. The third-order valence-electron chi connectivity index (χ3n) is 2.60. The van der Waals surface area contributed by atoms with Crippen molar-refractivity contribution in [3.05, 3.63) is 46.5 Å². The third kappa shape index (κ3) is 1.58. The summed E-state index contributed by atoms with van der Waals surface area (Å²) in [5.74, 6) is -0.358. The highest BCUT2D eigenvalue weighted by atomic mass is 35.5. The second kappa shape index (κ2) is 4.40. The number of allylic oxidation sites excluding steroid dienone is 2. The Kier molecular flexibility index (Phi) is 3.13. The molecule has 0 spiro atoms. The first-order valence-electron chi connectivity index (χ1n) is 4.73. The van der Waals surface area contributed by atoms with Crippen LogP contribution in [-0.4, -0.2) is 23.3 Å². The van der Waals surface area contributed by atoms with Crippen molar-refractivity contribution in [3.63, 3.8) is 0 Å². The van der Waals surface area contributed by atoms with Crippen LogP contribution in [0.1, 0.15) is 20.7 Å². The van der Waals surface area contributed by atoms with Gasteiger partial charge >= 0.3 is 0 Å². The van der Waals surface area contributed by atoms with E-state index in [4.69, 9.17) is 23.2 Å². The Labute approximate surface area is 103 Å². The number of fused-ring (bicyclic) bond motifs is 1. The Morgan fingerprint density at radius 3 is 1.50 bits per heavy atom. The molecule has 0 radical (unpaired) electrons. The van der Waals surface area contributed by atoms with Crippen LogP contribution in [0.3, 0.4) is 0 Å².